The predicted octanol–water partition coefficient (Wildman–Crippen LogP) is 11.5. The molecule has 0 saturated heterocycles. The maximum atomic E-state index is 9.57. The highest BCUT2D eigenvalue weighted by Gasteiger charge is 2.19. The number of para-hydroxylation sites is 3. The summed E-state index contributed by atoms with van der Waals surface area (Å²) in [4.78, 5) is 4.00. The molecule has 0 unspecified atom stereocenters. The first-order valence-corrected chi connectivity index (χ1v) is 16.3. The molecule has 9 rings (SSSR count). The maximum absolute atomic E-state index is 9.57. The third kappa shape index (κ3) is 4.38. The summed E-state index contributed by atoms with van der Waals surface area (Å²) in [5, 5.41) is 23.3. The summed E-state index contributed by atoms with van der Waals surface area (Å²) in [5.41, 5.74) is 11.8. The molecule has 2 aromatic heterocycles. The third-order valence-electron chi connectivity index (χ3n) is 9.59. The van der Waals surface area contributed by atoms with Crippen molar-refractivity contribution in [2.75, 3.05) is 0 Å². The van der Waals surface area contributed by atoms with Gasteiger partial charge in [-0.05, 0) is 89.0 Å². The van der Waals surface area contributed by atoms with E-state index in [-0.39, 0.29) is 0 Å². The summed E-state index contributed by atoms with van der Waals surface area (Å²) < 4.78 is 4.42. The second-order valence-corrected chi connectivity index (χ2v) is 12.3. The van der Waals surface area contributed by atoms with Gasteiger partial charge in [0.05, 0.1) is 57.6 Å². The Morgan fingerprint density at radius 3 is 1.62 bits per heavy atom. The van der Waals surface area contributed by atoms with Crippen LogP contribution in [-0.4, -0.2) is 9.13 Å². The van der Waals surface area contributed by atoms with E-state index in [2.05, 4.69) is 129 Å². The average Bonchev–Trinajstić information content (AvgIpc) is 3.69. The van der Waals surface area contributed by atoms with Crippen molar-refractivity contribution in [3.63, 3.8) is 0 Å². The molecule has 7 aromatic carbocycles. The van der Waals surface area contributed by atoms with Crippen LogP contribution >= 0.6 is 0 Å². The zero-order chi connectivity index (χ0) is 33.8. The smallest absolute Gasteiger partial charge is 0.211 e. The van der Waals surface area contributed by atoms with E-state index in [0.717, 1.165) is 77.2 Å². The minimum absolute atomic E-state index is 0.581. The summed E-state index contributed by atoms with van der Waals surface area (Å²) in [6.07, 6.45) is 0. The van der Waals surface area contributed by atoms with Gasteiger partial charge in [0, 0.05) is 27.2 Å². The Hall–Kier alpha value is -7.39. The van der Waals surface area contributed by atoms with E-state index in [4.69, 9.17) is 6.57 Å². The van der Waals surface area contributed by atoms with Gasteiger partial charge in [-0.2, -0.15) is 10.5 Å². The van der Waals surface area contributed by atoms with E-state index < -0.39 is 0 Å². The van der Waals surface area contributed by atoms with Gasteiger partial charge < -0.3 is 9.13 Å². The normalized spacial score (nSPS) is 11.1. The predicted molar refractivity (Wildman–Crippen MR) is 202 cm³/mol. The fourth-order valence-electron chi connectivity index (χ4n) is 7.36. The van der Waals surface area contributed by atoms with Gasteiger partial charge in [-0.1, -0.05) is 84.9 Å². The van der Waals surface area contributed by atoms with Gasteiger partial charge in [-0.3, -0.25) is 0 Å². The molecular weight excluding hydrogens is 611 g/mol. The molecule has 0 N–H and O–H groups in total. The van der Waals surface area contributed by atoms with Crippen molar-refractivity contribution >= 4 is 49.3 Å². The molecule has 9 aromatic rings. The lowest BCUT2D eigenvalue weighted by atomic mass is 9.97. The van der Waals surface area contributed by atoms with Gasteiger partial charge in [0.25, 0.3) is 0 Å². The van der Waals surface area contributed by atoms with Gasteiger partial charge in [-0.25, -0.2) is 4.85 Å². The van der Waals surface area contributed by atoms with Crippen LogP contribution in [0.15, 0.2) is 152 Å². The molecule has 2 heterocycles. The lowest BCUT2D eigenvalue weighted by Crippen LogP contribution is -1.98. The fraction of sp³-hybridized carbons (Fsp3) is 0. The molecule has 230 valence electrons. The summed E-state index contributed by atoms with van der Waals surface area (Å²) >= 11 is 0. The Kier molecular flexibility index (Phi) is 6.56. The molecule has 0 aliphatic carbocycles. The topological polar surface area (TPSA) is 61.8 Å². The van der Waals surface area contributed by atoms with Crippen molar-refractivity contribution in [1.29, 1.82) is 10.5 Å². The van der Waals surface area contributed by atoms with Crippen molar-refractivity contribution < 1.29 is 0 Å². The van der Waals surface area contributed by atoms with Crippen LogP contribution in [0.5, 0.6) is 0 Å². The molecule has 0 atom stereocenters. The van der Waals surface area contributed by atoms with Gasteiger partial charge in [0.1, 0.15) is 0 Å². The molecular formula is C45H25N5. The SMILES string of the molecule is [C-]#[N+]c1cccc(-c2cccc(-c3ccc(-n4c5ccc(C#N)cc5c5cc(C#N)ccc54)cc3)c2)c1-n1c2ccccc2c2ccccc21. The van der Waals surface area contributed by atoms with E-state index in [1.165, 1.54) is 0 Å². The van der Waals surface area contributed by atoms with Crippen molar-refractivity contribution in [1.82, 2.24) is 9.13 Å². The lowest BCUT2D eigenvalue weighted by Gasteiger charge is -2.17. The molecule has 0 saturated carbocycles. The third-order valence-corrected chi connectivity index (χ3v) is 9.59. The van der Waals surface area contributed by atoms with Crippen LogP contribution in [0.3, 0.4) is 0 Å². The van der Waals surface area contributed by atoms with Gasteiger partial charge in [0.15, 0.2) is 0 Å². The van der Waals surface area contributed by atoms with Crippen LogP contribution in [0.1, 0.15) is 11.1 Å². The molecule has 0 fully saturated rings. The quantitative estimate of drug-likeness (QED) is 0.181. The number of aromatic nitrogens is 2. The summed E-state index contributed by atoms with van der Waals surface area (Å²) in [7, 11) is 0. The molecule has 0 spiro atoms. The Morgan fingerprint density at radius 2 is 1.02 bits per heavy atom. The van der Waals surface area contributed by atoms with Crippen LogP contribution < -0.4 is 0 Å². The molecule has 5 heteroatoms. The zero-order valence-electron chi connectivity index (χ0n) is 26.7. The molecule has 5 nitrogen and oxygen atoms in total. The summed E-state index contributed by atoms with van der Waals surface area (Å²) in [5.74, 6) is 0. The van der Waals surface area contributed by atoms with Gasteiger partial charge >= 0.3 is 0 Å². The average molecular weight is 636 g/mol. The number of nitrogens with zero attached hydrogens (tertiary/aromatic N) is 5. The van der Waals surface area contributed by atoms with Crippen molar-refractivity contribution in [3.8, 4) is 45.8 Å². The Labute approximate surface area is 288 Å². The lowest BCUT2D eigenvalue weighted by molar-refractivity contribution is 1.18. The molecule has 0 aliphatic heterocycles. The van der Waals surface area contributed by atoms with Crippen molar-refractivity contribution in [3.05, 3.63) is 174 Å². The minimum atomic E-state index is 0.581. The minimum Gasteiger partial charge on any atom is -0.318 e. The molecule has 0 bridgehead atoms. The second kappa shape index (κ2) is 11.4. The molecule has 50 heavy (non-hydrogen) atoms. The van der Waals surface area contributed by atoms with Crippen LogP contribution in [0, 0.1) is 29.2 Å². The van der Waals surface area contributed by atoms with Crippen molar-refractivity contribution in [2.45, 2.75) is 0 Å². The molecule has 0 radical (unpaired) electrons. The maximum Gasteiger partial charge on any atom is 0.211 e. The van der Waals surface area contributed by atoms with Gasteiger partial charge in [-0.15, -0.1) is 0 Å². The highest BCUT2D eigenvalue weighted by atomic mass is 15.0. The summed E-state index contributed by atoms with van der Waals surface area (Å²) in [6.45, 7) is 8.14. The van der Waals surface area contributed by atoms with Crippen LogP contribution in [-0.2, 0) is 0 Å². The van der Waals surface area contributed by atoms with E-state index in [9.17, 15) is 10.5 Å². The Morgan fingerprint density at radius 1 is 0.460 bits per heavy atom. The van der Waals surface area contributed by atoms with E-state index in [1.807, 2.05) is 48.5 Å². The monoisotopic (exact) mass is 635 g/mol. The molecule has 0 aliphatic rings. The fourth-order valence-corrected chi connectivity index (χ4v) is 7.36. The highest BCUT2D eigenvalue weighted by Crippen LogP contribution is 2.41. The van der Waals surface area contributed by atoms with E-state index in [1.54, 1.807) is 0 Å². The van der Waals surface area contributed by atoms with E-state index in [0.29, 0.717) is 16.8 Å². The first-order chi connectivity index (χ1) is 24.7. The van der Waals surface area contributed by atoms with E-state index >= 15 is 0 Å². The van der Waals surface area contributed by atoms with Gasteiger partial charge in [0.2, 0.25) is 5.69 Å². The number of fused-ring (bicyclic) bond motifs is 6. The van der Waals surface area contributed by atoms with Crippen LogP contribution in [0.25, 0.3) is 82.1 Å². The van der Waals surface area contributed by atoms with Crippen molar-refractivity contribution in [2.24, 2.45) is 0 Å². The van der Waals surface area contributed by atoms with Crippen LogP contribution in [0.4, 0.5) is 5.69 Å². The first kappa shape index (κ1) is 28.8. The number of hydrogen-bond donors (Lipinski definition) is 0. The Bertz CT molecular complexity index is 2830. The Balaban J connectivity index is 1.17. The zero-order valence-corrected chi connectivity index (χ0v) is 26.7. The number of benzene rings is 7. The number of nitriles is 2. The number of rotatable bonds is 4. The standard InChI is InChI=1S/C45H25N5/c1-48-40-13-7-12-35(45(40)50-41-14-4-2-10-36(41)37-11-3-5-15-42(37)50)33-9-6-8-32(26-33)31-18-20-34(21-19-31)49-43-22-16-29(27-46)24-38(43)39-25-30(28-47)17-23-44(39)49/h2-26H. The first-order valence-electron chi connectivity index (χ1n) is 16.3. The van der Waals surface area contributed by atoms with Crippen LogP contribution in [0.2, 0.25) is 0 Å². The largest absolute Gasteiger partial charge is 0.318 e. The highest BCUT2D eigenvalue weighted by molar-refractivity contribution is 6.11. The molecule has 0 amide bonds. The number of hydrogen-bond acceptors (Lipinski definition) is 2. The second-order valence-electron chi connectivity index (χ2n) is 12.3. The summed E-state index contributed by atoms with van der Waals surface area (Å²) in [6, 6.07) is 55.6.